The first-order valence-electron chi connectivity index (χ1n) is 9.70. The number of anilines is 1. The number of amides is 1. The van der Waals surface area contributed by atoms with E-state index in [0.717, 1.165) is 16.7 Å². The molecule has 1 amide bonds. The number of rotatable bonds is 6. The van der Waals surface area contributed by atoms with E-state index in [0.29, 0.717) is 16.9 Å². The van der Waals surface area contributed by atoms with Crippen molar-refractivity contribution in [2.45, 2.75) is 6.61 Å². The van der Waals surface area contributed by atoms with Gasteiger partial charge < -0.3 is 9.47 Å². The van der Waals surface area contributed by atoms with Gasteiger partial charge in [0, 0.05) is 5.56 Å². The molecule has 1 fully saturated rings. The lowest BCUT2D eigenvalue weighted by molar-refractivity contribution is -0.113. The van der Waals surface area contributed by atoms with E-state index < -0.39 is 17.5 Å². The average Bonchev–Trinajstić information content (AvgIpc) is 3.06. The molecule has 4 rings (SSSR count). The molecule has 0 spiro atoms. The number of hydrogen-bond donors (Lipinski definition) is 1. The Hall–Kier alpha value is -3.36. The zero-order valence-corrected chi connectivity index (χ0v) is 18.8. The summed E-state index contributed by atoms with van der Waals surface area (Å²) in [6.07, 6.45) is 1.54. The van der Waals surface area contributed by atoms with Crippen molar-refractivity contribution in [3.8, 4) is 11.5 Å². The summed E-state index contributed by atoms with van der Waals surface area (Å²) in [5, 5.41) is 8.23. The van der Waals surface area contributed by atoms with E-state index in [1.807, 2.05) is 0 Å². The summed E-state index contributed by atoms with van der Waals surface area (Å²) in [4.78, 5) is 14.1. The van der Waals surface area contributed by atoms with Crippen LogP contribution in [0.4, 0.5) is 14.5 Å². The Labute approximate surface area is 198 Å². The maximum Gasteiger partial charge on any atom is 0.271 e. The minimum absolute atomic E-state index is 0.0101. The highest BCUT2D eigenvalue weighted by Crippen LogP contribution is 2.40. The van der Waals surface area contributed by atoms with Crippen molar-refractivity contribution in [3.63, 3.8) is 0 Å². The zero-order chi connectivity index (χ0) is 23.5. The van der Waals surface area contributed by atoms with Gasteiger partial charge in [0.2, 0.25) is 0 Å². The van der Waals surface area contributed by atoms with E-state index in [1.165, 1.54) is 37.5 Å². The first kappa shape index (κ1) is 22.8. The zero-order valence-electron chi connectivity index (χ0n) is 17.3. The Kier molecular flexibility index (Phi) is 6.67. The van der Waals surface area contributed by atoms with Crippen molar-refractivity contribution >= 4 is 46.2 Å². The number of nitrogens with zero attached hydrogens (tertiary/aromatic N) is 1. The van der Waals surface area contributed by atoms with Crippen LogP contribution < -0.4 is 14.4 Å². The largest absolute Gasteiger partial charge is 0.493 e. The van der Waals surface area contributed by atoms with Gasteiger partial charge in [-0.15, -0.1) is 0 Å². The first-order valence-corrected chi connectivity index (χ1v) is 10.9. The number of hydrogen-bond acceptors (Lipinski definition) is 5. The van der Waals surface area contributed by atoms with Gasteiger partial charge in [0.25, 0.3) is 5.91 Å². The molecule has 1 heterocycles. The molecule has 168 valence electrons. The van der Waals surface area contributed by atoms with E-state index in [4.69, 9.17) is 26.5 Å². The molecule has 0 aromatic heterocycles. The van der Waals surface area contributed by atoms with Crippen molar-refractivity contribution in [2.24, 2.45) is 0 Å². The maximum absolute atomic E-state index is 14.2. The predicted octanol–water partition coefficient (Wildman–Crippen LogP) is 6.26. The second-order valence-electron chi connectivity index (χ2n) is 6.92. The van der Waals surface area contributed by atoms with Gasteiger partial charge in [-0.3, -0.25) is 15.1 Å². The van der Waals surface area contributed by atoms with Crippen LogP contribution in [0, 0.1) is 17.0 Å². The number of benzene rings is 3. The fourth-order valence-corrected chi connectivity index (χ4v) is 4.35. The van der Waals surface area contributed by atoms with E-state index in [9.17, 15) is 13.6 Å². The summed E-state index contributed by atoms with van der Waals surface area (Å²) >= 11 is 7.30. The first-order chi connectivity index (χ1) is 15.9. The van der Waals surface area contributed by atoms with E-state index in [-0.39, 0.29) is 33.1 Å². The van der Waals surface area contributed by atoms with Gasteiger partial charge in [0.15, 0.2) is 16.7 Å². The Morgan fingerprint density at radius 3 is 2.48 bits per heavy atom. The maximum atomic E-state index is 14.2. The van der Waals surface area contributed by atoms with Crippen LogP contribution in [0.15, 0.2) is 65.6 Å². The summed E-state index contributed by atoms with van der Waals surface area (Å²) in [5.41, 5.74) is 0.895. The molecule has 1 saturated heterocycles. The van der Waals surface area contributed by atoms with Crippen LogP contribution in [0.2, 0.25) is 5.02 Å². The topological polar surface area (TPSA) is 62.6 Å². The monoisotopic (exact) mass is 486 g/mol. The molecule has 0 aliphatic carbocycles. The standard InChI is InChI=1S/C24H17ClF2N2O3S/c1-31-20-11-14(10-16(25)22(20)32-13-15-6-2-3-7-17(15)26)12-21-23(30)29(24(28)33-21)19-9-5-4-8-18(19)27/h2-12,28H,13H2,1H3. The molecule has 5 nitrogen and oxygen atoms in total. The van der Waals surface area contributed by atoms with Gasteiger partial charge in [-0.25, -0.2) is 8.78 Å². The fourth-order valence-electron chi connectivity index (χ4n) is 3.22. The lowest BCUT2D eigenvalue weighted by atomic mass is 10.1. The Morgan fingerprint density at radius 2 is 1.79 bits per heavy atom. The number of thioether (sulfide) groups is 1. The van der Waals surface area contributed by atoms with Crippen LogP contribution in [-0.2, 0) is 11.4 Å². The van der Waals surface area contributed by atoms with Crippen molar-refractivity contribution in [3.05, 3.63) is 93.4 Å². The molecule has 1 aliphatic heterocycles. The minimum atomic E-state index is -0.599. The summed E-state index contributed by atoms with van der Waals surface area (Å²) < 4.78 is 39.1. The highest BCUT2D eigenvalue weighted by atomic mass is 35.5. The highest BCUT2D eigenvalue weighted by molar-refractivity contribution is 8.19. The highest BCUT2D eigenvalue weighted by Gasteiger charge is 2.35. The SMILES string of the molecule is COc1cc(C=C2SC(=N)N(c3ccccc3F)C2=O)cc(Cl)c1OCc1ccccc1F. The number of nitrogens with one attached hydrogen (secondary N) is 1. The average molecular weight is 487 g/mol. The second kappa shape index (κ2) is 9.64. The van der Waals surface area contributed by atoms with Gasteiger partial charge in [0.1, 0.15) is 18.2 Å². The van der Waals surface area contributed by atoms with Crippen LogP contribution in [0.1, 0.15) is 11.1 Å². The number of para-hydroxylation sites is 1. The van der Waals surface area contributed by atoms with Crippen molar-refractivity contribution in [1.82, 2.24) is 0 Å². The minimum Gasteiger partial charge on any atom is -0.493 e. The molecule has 0 bridgehead atoms. The number of ether oxygens (including phenoxy) is 2. The molecule has 33 heavy (non-hydrogen) atoms. The molecule has 9 heteroatoms. The van der Waals surface area contributed by atoms with Crippen LogP contribution in [0.5, 0.6) is 11.5 Å². The number of carbonyl (C=O) groups is 1. The number of halogens is 3. The normalized spacial score (nSPS) is 14.8. The second-order valence-corrected chi connectivity index (χ2v) is 8.36. The molecular weight excluding hydrogens is 470 g/mol. The summed E-state index contributed by atoms with van der Waals surface area (Å²) in [6.45, 7) is -0.0493. The lowest BCUT2D eigenvalue weighted by Gasteiger charge is -2.15. The Morgan fingerprint density at radius 1 is 1.09 bits per heavy atom. The molecule has 3 aromatic carbocycles. The van der Waals surface area contributed by atoms with Crippen LogP contribution in [0.25, 0.3) is 6.08 Å². The fraction of sp³-hybridized carbons (Fsp3) is 0.0833. The van der Waals surface area contributed by atoms with E-state index in [1.54, 1.807) is 36.4 Å². The van der Waals surface area contributed by atoms with Crippen LogP contribution >= 0.6 is 23.4 Å². The third-order valence-corrected chi connectivity index (χ3v) is 5.97. The van der Waals surface area contributed by atoms with Gasteiger partial charge in [-0.2, -0.15) is 0 Å². The van der Waals surface area contributed by atoms with Crippen molar-refractivity contribution < 1.29 is 23.0 Å². The third kappa shape index (κ3) is 4.72. The molecule has 0 radical (unpaired) electrons. The molecule has 1 N–H and O–H groups in total. The summed E-state index contributed by atoms with van der Waals surface area (Å²) in [6, 6.07) is 15.2. The lowest BCUT2D eigenvalue weighted by Crippen LogP contribution is -2.28. The van der Waals surface area contributed by atoms with E-state index in [2.05, 4.69) is 0 Å². The third-order valence-electron chi connectivity index (χ3n) is 4.80. The number of amidine groups is 1. The molecule has 0 unspecified atom stereocenters. The van der Waals surface area contributed by atoms with Gasteiger partial charge in [-0.1, -0.05) is 41.9 Å². The van der Waals surface area contributed by atoms with Gasteiger partial charge in [-0.05, 0) is 53.7 Å². The molecular formula is C24H17ClF2N2O3S. The predicted molar refractivity (Wildman–Crippen MR) is 126 cm³/mol. The Balaban J connectivity index is 1.60. The number of carbonyl (C=O) groups excluding carboxylic acids is 1. The summed E-state index contributed by atoms with van der Waals surface area (Å²) in [7, 11) is 1.43. The van der Waals surface area contributed by atoms with Crippen molar-refractivity contribution in [1.29, 1.82) is 5.41 Å². The van der Waals surface area contributed by atoms with Crippen LogP contribution in [0.3, 0.4) is 0 Å². The molecule has 0 saturated carbocycles. The van der Waals surface area contributed by atoms with Gasteiger partial charge >= 0.3 is 0 Å². The van der Waals surface area contributed by atoms with Crippen molar-refractivity contribution in [2.75, 3.05) is 12.0 Å². The van der Waals surface area contributed by atoms with Gasteiger partial charge in [0.05, 0.1) is 22.7 Å². The van der Waals surface area contributed by atoms with Crippen LogP contribution in [-0.4, -0.2) is 18.2 Å². The van der Waals surface area contributed by atoms with E-state index >= 15 is 0 Å². The number of methoxy groups -OCH3 is 1. The smallest absolute Gasteiger partial charge is 0.271 e. The molecule has 1 aliphatic rings. The summed E-state index contributed by atoms with van der Waals surface area (Å²) in [5.74, 6) is -0.992. The molecule has 0 atom stereocenters. The molecule has 3 aromatic rings. The quantitative estimate of drug-likeness (QED) is 0.418. The Bertz CT molecular complexity index is 1280.